The average molecular weight is 1410 g/mol. The van der Waals surface area contributed by atoms with Crippen molar-refractivity contribution in [3.63, 3.8) is 0 Å². The Morgan fingerprint density at radius 3 is 0.708 bits per heavy atom. The number of hydrogen-bond acceptors (Lipinski definition) is 15. The lowest BCUT2D eigenvalue weighted by atomic mass is 10.0. The van der Waals surface area contributed by atoms with Crippen molar-refractivity contribution in [3.05, 3.63) is 0 Å². The number of hydrogen-bond donors (Lipinski definition) is 3. The molecule has 5 atom stereocenters. The SMILES string of the molecule is CCCCCCCCCCCCCCCCCCCCC(=O)O[C@H](COC(=O)CCCCCCCCCCCCCCCC(C)C)COP(=O)(O)OC[C@@H](O)COP(=O)(O)OC[C@@H](COC(=O)CCCCCCCCCCCCC)OC(=O)CCCCCCCCCCC(C)C. The van der Waals surface area contributed by atoms with Gasteiger partial charge in [0.25, 0.3) is 0 Å². The number of phosphoric ester groups is 2. The lowest BCUT2D eigenvalue weighted by Gasteiger charge is -2.21. The monoisotopic (exact) mass is 1410 g/mol. The standard InChI is InChI=1S/C77H150O17P2/c1-7-9-11-13-15-17-19-20-21-22-23-24-27-32-36-43-49-55-61-76(81)93-72(65-88-75(80)60-54-48-42-35-31-28-25-26-30-33-39-45-51-57-69(3)4)67-91-95(83,84)89-63-71(78)64-90-96(85,86)92-68-73(94-77(82)62-56-50-44-38-37-40-46-52-58-70(5)6)66-87-74(79)59-53-47-41-34-29-18-16-14-12-10-8-2/h69-73,78H,7-68H2,1-6H3,(H,83,84)(H,85,86)/t71-,72-,73-/m1/s1. The molecular formula is C77H150O17P2. The van der Waals surface area contributed by atoms with Crippen LogP contribution >= 0.6 is 15.6 Å². The second-order valence-corrected chi connectivity index (χ2v) is 31.6. The van der Waals surface area contributed by atoms with E-state index in [1.165, 1.54) is 218 Å². The molecule has 2 unspecified atom stereocenters. The molecule has 96 heavy (non-hydrogen) atoms. The smallest absolute Gasteiger partial charge is 0.462 e. The predicted molar refractivity (Wildman–Crippen MR) is 391 cm³/mol. The van der Waals surface area contributed by atoms with Gasteiger partial charge in [0.2, 0.25) is 0 Å². The van der Waals surface area contributed by atoms with Crippen molar-refractivity contribution in [1.29, 1.82) is 0 Å². The van der Waals surface area contributed by atoms with Crippen molar-refractivity contribution in [1.82, 2.24) is 0 Å². The number of phosphoric acid groups is 2. The molecule has 0 aromatic rings. The summed E-state index contributed by atoms with van der Waals surface area (Å²) in [5.41, 5.74) is 0. The summed E-state index contributed by atoms with van der Waals surface area (Å²) in [6.45, 7) is 9.58. The first-order valence-electron chi connectivity index (χ1n) is 40.0. The number of esters is 4. The van der Waals surface area contributed by atoms with Crippen LogP contribution in [-0.4, -0.2) is 96.7 Å². The molecule has 0 rings (SSSR count). The Kier molecular flexibility index (Phi) is 67.4. The summed E-state index contributed by atoms with van der Waals surface area (Å²) in [6.07, 6.45) is 56.9. The number of ether oxygens (including phenoxy) is 4. The maximum absolute atomic E-state index is 13.1. The zero-order valence-corrected chi connectivity index (χ0v) is 64.5. The maximum Gasteiger partial charge on any atom is 0.472 e. The summed E-state index contributed by atoms with van der Waals surface area (Å²) in [4.78, 5) is 72.8. The van der Waals surface area contributed by atoms with Crippen LogP contribution in [0.3, 0.4) is 0 Å². The maximum atomic E-state index is 13.1. The first-order chi connectivity index (χ1) is 46.4. The average Bonchev–Trinajstić information content (AvgIpc) is 1.25. The summed E-state index contributed by atoms with van der Waals surface area (Å²) >= 11 is 0. The van der Waals surface area contributed by atoms with Crippen molar-refractivity contribution in [3.8, 4) is 0 Å². The lowest BCUT2D eigenvalue weighted by Crippen LogP contribution is -2.30. The largest absolute Gasteiger partial charge is 0.472 e. The van der Waals surface area contributed by atoms with E-state index < -0.39 is 97.5 Å². The van der Waals surface area contributed by atoms with Gasteiger partial charge in [-0.25, -0.2) is 9.13 Å². The van der Waals surface area contributed by atoms with Crippen molar-refractivity contribution >= 4 is 39.5 Å². The molecule has 0 heterocycles. The van der Waals surface area contributed by atoms with E-state index in [0.717, 1.165) is 102 Å². The van der Waals surface area contributed by atoms with Gasteiger partial charge in [-0.3, -0.25) is 37.3 Å². The van der Waals surface area contributed by atoms with Gasteiger partial charge in [0, 0.05) is 25.7 Å². The summed E-state index contributed by atoms with van der Waals surface area (Å²) in [6, 6.07) is 0. The minimum Gasteiger partial charge on any atom is -0.462 e. The van der Waals surface area contributed by atoms with Crippen molar-refractivity contribution in [2.75, 3.05) is 39.6 Å². The van der Waals surface area contributed by atoms with Gasteiger partial charge in [0.15, 0.2) is 12.2 Å². The molecule has 0 saturated carbocycles. The highest BCUT2D eigenvalue weighted by Crippen LogP contribution is 2.45. The quantitative estimate of drug-likeness (QED) is 0.0222. The molecule has 17 nitrogen and oxygen atoms in total. The molecule has 570 valence electrons. The molecule has 0 aromatic heterocycles. The van der Waals surface area contributed by atoms with E-state index in [2.05, 4.69) is 41.5 Å². The molecule has 0 aliphatic carbocycles. The van der Waals surface area contributed by atoms with E-state index in [4.69, 9.17) is 37.0 Å². The van der Waals surface area contributed by atoms with E-state index >= 15 is 0 Å². The van der Waals surface area contributed by atoms with Crippen LogP contribution in [0.4, 0.5) is 0 Å². The van der Waals surface area contributed by atoms with E-state index in [0.29, 0.717) is 25.7 Å². The third-order valence-corrected chi connectivity index (χ3v) is 19.9. The van der Waals surface area contributed by atoms with Crippen LogP contribution in [0.1, 0.15) is 401 Å². The fourth-order valence-corrected chi connectivity index (χ4v) is 13.4. The molecule has 0 aromatic carbocycles. The number of unbranched alkanes of at least 4 members (excludes halogenated alkanes) is 46. The van der Waals surface area contributed by atoms with Gasteiger partial charge >= 0.3 is 39.5 Å². The highest BCUT2D eigenvalue weighted by atomic mass is 31.2. The first kappa shape index (κ1) is 94.1. The van der Waals surface area contributed by atoms with Gasteiger partial charge in [-0.2, -0.15) is 0 Å². The molecule has 0 bridgehead atoms. The van der Waals surface area contributed by atoms with E-state index in [9.17, 15) is 43.2 Å². The van der Waals surface area contributed by atoms with Gasteiger partial charge in [0.1, 0.15) is 19.3 Å². The van der Waals surface area contributed by atoms with Gasteiger partial charge in [-0.15, -0.1) is 0 Å². The van der Waals surface area contributed by atoms with Crippen molar-refractivity contribution < 1.29 is 80.2 Å². The Labute approximate surface area is 588 Å². The molecule has 0 aliphatic heterocycles. The third kappa shape index (κ3) is 70.5. The molecular weight excluding hydrogens is 1260 g/mol. The number of aliphatic hydroxyl groups excluding tert-OH is 1. The normalized spacial score (nSPS) is 14.0. The minimum absolute atomic E-state index is 0.105. The fourth-order valence-electron chi connectivity index (χ4n) is 11.8. The van der Waals surface area contributed by atoms with Crippen LogP contribution in [-0.2, 0) is 65.4 Å². The third-order valence-electron chi connectivity index (χ3n) is 18.0. The molecule has 19 heteroatoms. The van der Waals surface area contributed by atoms with Crippen LogP contribution in [0.2, 0.25) is 0 Å². The van der Waals surface area contributed by atoms with E-state index in [1.54, 1.807) is 0 Å². The molecule has 0 aliphatic rings. The van der Waals surface area contributed by atoms with Gasteiger partial charge in [-0.05, 0) is 37.5 Å². The van der Waals surface area contributed by atoms with Crippen LogP contribution in [0, 0.1) is 11.8 Å². The highest BCUT2D eigenvalue weighted by molar-refractivity contribution is 7.47. The molecule has 0 spiro atoms. The van der Waals surface area contributed by atoms with Crippen molar-refractivity contribution in [2.45, 2.75) is 419 Å². The zero-order chi connectivity index (χ0) is 70.7. The molecule has 0 amide bonds. The number of aliphatic hydroxyl groups is 1. The Bertz CT molecular complexity index is 1860. The fraction of sp³-hybridized carbons (Fsp3) is 0.948. The minimum atomic E-state index is -4.96. The van der Waals surface area contributed by atoms with E-state index in [-0.39, 0.29) is 25.7 Å². The number of rotatable bonds is 76. The van der Waals surface area contributed by atoms with Gasteiger partial charge < -0.3 is 33.8 Å². The van der Waals surface area contributed by atoms with Crippen molar-refractivity contribution in [2.24, 2.45) is 11.8 Å². The summed E-state index contributed by atoms with van der Waals surface area (Å²) in [7, 11) is -9.91. The lowest BCUT2D eigenvalue weighted by molar-refractivity contribution is -0.161. The Balaban J connectivity index is 5.24. The van der Waals surface area contributed by atoms with Gasteiger partial charge in [-0.1, -0.05) is 350 Å². The Morgan fingerprint density at radius 1 is 0.281 bits per heavy atom. The topological polar surface area (TPSA) is 237 Å². The Morgan fingerprint density at radius 2 is 0.479 bits per heavy atom. The molecule has 3 N–H and O–H groups in total. The van der Waals surface area contributed by atoms with Crippen LogP contribution in [0.25, 0.3) is 0 Å². The molecule has 0 radical (unpaired) electrons. The zero-order valence-electron chi connectivity index (χ0n) is 62.7. The molecule has 0 fully saturated rings. The van der Waals surface area contributed by atoms with Crippen LogP contribution < -0.4 is 0 Å². The van der Waals surface area contributed by atoms with Crippen LogP contribution in [0.5, 0.6) is 0 Å². The number of carbonyl (C=O) groups is 4. The predicted octanol–water partition coefficient (Wildman–Crippen LogP) is 22.7. The number of carbonyl (C=O) groups excluding carboxylic acids is 4. The van der Waals surface area contributed by atoms with Crippen LogP contribution in [0.15, 0.2) is 0 Å². The summed E-state index contributed by atoms with van der Waals surface area (Å²) < 4.78 is 68.6. The first-order valence-corrected chi connectivity index (χ1v) is 43.0. The highest BCUT2D eigenvalue weighted by Gasteiger charge is 2.30. The second kappa shape index (κ2) is 68.8. The van der Waals surface area contributed by atoms with Gasteiger partial charge in [0.05, 0.1) is 26.4 Å². The van der Waals surface area contributed by atoms with E-state index in [1.807, 2.05) is 0 Å². The Hall–Kier alpha value is -1.94. The summed E-state index contributed by atoms with van der Waals surface area (Å²) in [5.74, 6) is -0.605. The summed E-state index contributed by atoms with van der Waals surface area (Å²) in [5, 5.41) is 10.6. The second-order valence-electron chi connectivity index (χ2n) is 28.7. The molecule has 0 saturated heterocycles.